The normalized spacial score (nSPS) is 21.4. The second-order valence-corrected chi connectivity index (χ2v) is 5.85. The van der Waals surface area contributed by atoms with Gasteiger partial charge in [-0.15, -0.1) is 0 Å². The second-order valence-electron chi connectivity index (χ2n) is 5.85. The summed E-state index contributed by atoms with van der Waals surface area (Å²) >= 11 is 0. The Hall–Kier alpha value is -2.02. The van der Waals surface area contributed by atoms with E-state index in [4.69, 9.17) is 4.42 Å². The Labute approximate surface area is 129 Å². The van der Waals surface area contributed by atoms with Gasteiger partial charge in [0.05, 0.1) is 6.54 Å². The molecule has 1 aromatic rings. The van der Waals surface area contributed by atoms with Crippen molar-refractivity contribution in [1.82, 2.24) is 16.0 Å². The Morgan fingerprint density at radius 1 is 1.50 bits per heavy atom. The number of aryl methyl sites for hydroxylation is 1. The fourth-order valence-corrected chi connectivity index (χ4v) is 2.35. The Bertz CT molecular complexity index is 539. The fourth-order valence-electron chi connectivity index (χ4n) is 2.35. The van der Waals surface area contributed by atoms with Crippen molar-refractivity contribution in [3.8, 4) is 0 Å². The van der Waals surface area contributed by atoms with E-state index in [9.17, 15) is 14.7 Å². The van der Waals surface area contributed by atoms with Crippen molar-refractivity contribution in [2.45, 2.75) is 44.8 Å². The van der Waals surface area contributed by atoms with Crippen LogP contribution < -0.4 is 16.0 Å². The first-order valence-corrected chi connectivity index (χ1v) is 7.50. The van der Waals surface area contributed by atoms with E-state index in [0.29, 0.717) is 24.5 Å². The van der Waals surface area contributed by atoms with Gasteiger partial charge in [0.2, 0.25) is 5.91 Å². The predicted molar refractivity (Wildman–Crippen MR) is 80.2 cm³/mol. The van der Waals surface area contributed by atoms with Crippen molar-refractivity contribution >= 4 is 11.9 Å². The highest BCUT2D eigenvalue weighted by Gasteiger charge is 2.28. The summed E-state index contributed by atoms with van der Waals surface area (Å²) in [6, 6.07) is 2.41. The summed E-state index contributed by atoms with van der Waals surface area (Å²) in [5.74, 6) is 0.911. The van der Waals surface area contributed by atoms with Crippen LogP contribution in [0.2, 0.25) is 0 Å². The lowest BCUT2D eigenvalue weighted by Crippen LogP contribution is -2.51. The molecule has 1 saturated heterocycles. The molecule has 2 rings (SSSR count). The van der Waals surface area contributed by atoms with Crippen LogP contribution in [0.4, 0.5) is 4.79 Å². The molecule has 0 aliphatic carbocycles. The lowest BCUT2D eigenvalue weighted by Gasteiger charge is -2.22. The van der Waals surface area contributed by atoms with Gasteiger partial charge in [-0.25, -0.2) is 4.79 Å². The zero-order valence-electron chi connectivity index (χ0n) is 12.9. The quantitative estimate of drug-likeness (QED) is 0.659. The van der Waals surface area contributed by atoms with E-state index in [2.05, 4.69) is 16.0 Å². The third kappa shape index (κ3) is 4.24. The van der Waals surface area contributed by atoms with Gasteiger partial charge in [-0.3, -0.25) is 4.79 Å². The topological polar surface area (TPSA) is 104 Å². The van der Waals surface area contributed by atoms with Crippen LogP contribution in [0.25, 0.3) is 0 Å². The predicted octanol–water partition coefficient (Wildman–Crippen LogP) is 0.763. The van der Waals surface area contributed by atoms with Gasteiger partial charge in [-0.2, -0.15) is 0 Å². The molecule has 1 fully saturated rings. The average molecular weight is 309 g/mol. The molecule has 1 aromatic heterocycles. The van der Waals surface area contributed by atoms with Crippen molar-refractivity contribution in [3.63, 3.8) is 0 Å². The third-order valence-electron chi connectivity index (χ3n) is 3.70. The minimum Gasteiger partial charge on any atom is -0.463 e. The Morgan fingerprint density at radius 2 is 2.27 bits per heavy atom. The van der Waals surface area contributed by atoms with E-state index in [1.54, 1.807) is 26.0 Å². The van der Waals surface area contributed by atoms with Crippen molar-refractivity contribution < 1.29 is 19.1 Å². The number of aliphatic hydroxyl groups is 1. The molecule has 4 N–H and O–H groups in total. The van der Waals surface area contributed by atoms with Crippen LogP contribution in [0.1, 0.15) is 37.7 Å². The molecule has 0 saturated carbocycles. The molecule has 2 heterocycles. The minimum atomic E-state index is -1.31. The molecule has 3 amide bonds. The lowest BCUT2D eigenvalue weighted by molar-refractivity contribution is -0.122. The summed E-state index contributed by atoms with van der Waals surface area (Å²) in [5.41, 5.74) is -1.31. The van der Waals surface area contributed by atoms with Gasteiger partial charge in [0.1, 0.15) is 23.2 Å². The molecule has 1 aliphatic heterocycles. The molecule has 2 atom stereocenters. The van der Waals surface area contributed by atoms with E-state index in [1.807, 2.05) is 0 Å². The molecule has 122 valence electrons. The van der Waals surface area contributed by atoms with Crippen molar-refractivity contribution in [1.29, 1.82) is 0 Å². The SMILES string of the molecule is Cc1ccc([C@](C)(O)CNC(=O)N[C@H]2CCCCNC2=O)o1. The van der Waals surface area contributed by atoms with Crippen LogP contribution in [-0.2, 0) is 10.4 Å². The van der Waals surface area contributed by atoms with Gasteiger partial charge in [-0.05, 0) is 45.2 Å². The number of furan rings is 1. The highest BCUT2D eigenvalue weighted by atomic mass is 16.4. The summed E-state index contributed by atoms with van der Waals surface area (Å²) in [7, 11) is 0. The zero-order chi connectivity index (χ0) is 16.2. The van der Waals surface area contributed by atoms with E-state index >= 15 is 0 Å². The second kappa shape index (κ2) is 6.83. The lowest BCUT2D eigenvalue weighted by atomic mass is 10.0. The number of urea groups is 1. The Balaban J connectivity index is 1.85. The molecular weight excluding hydrogens is 286 g/mol. The highest BCUT2D eigenvalue weighted by molar-refractivity contribution is 5.87. The van der Waals surface area contributed by atoms with Crippen LogP contribution in [0.15, 0.2) is 16.5 Å². The van der Waals surface area contributed by atoms with Gasteiger partial charge in [-0.1, -0.05) is 0 Å². The van der Waals surface area contributed by atoms with Crippen LogP contribution in [0.5, 0.6) is 0 Å². The molecule has 22 heavy (non-hydrogen) atoms. The third-order valence-corrected chi connectivity index (χ3v) is 3.70. The minimum absolute atomic E-state index is 0.0138. The van der Waals surface area contributed by atoms with E-state index in [0.717, 1.165) is 12.8 Å². The van der Waals surface area contributed by atoms with Crippen LogP contribution in [0, 0.1) is 6.92 Å². The summed E-state index contributed by atoms with van der Waals surface area (Å²) in [6.45, 7) is 3.97. The number of hydrogen-bond donors (Lipinski definition) is 4. The number of nitrogens with one attached hydrogen (secondary N) is 3. The summed E-state index contributed by atoms with van der Waals surface area (Å²) in [4.78, 5) is 23.7. The summed E-state index contributed by atoms with van der Waals surface area (Å²) < 4.78 is 5.38. The molecule has 0 bridgehead atoms. The summed E-state index contributed by atoms with van der Waals surface area (Å²) in [6.07, 6.45) is 2.41. The number of carbonyl (C=O) groups is 2. The first-order chi connectivity index (χ1) is 10.4. The number of rotatable bonds is 4. The zero-order valence-corrected chi connectivity index (χ0v) is 12.9. The highest BCUT2D eigenvalue weighted by Crippen LogP contribution is 2.21. The van der Waals surface area contributed by atoms with Gasteiger partial charge >= 0.3 is 6.03 Å². The number of hydrogen-bond acceptors (Lipinski definition) is 4. The monoisotopic (exact) mass is 309 g/mol. The largest absolute Gasteiger partial charge is 0.463 e. The molecular formula is C15H23N3O4. The van der Waals surface area contributed by atoms with Gasteiger partial charge in [0.25, 0.3) is 0 Å². The Kier molecular flexibility index (Phi) is 5.07. The maximum absolute atomic E-state index is 11.9. The smallest absolute Gasteiger partial charge is 0.315 e. The standard InChI is InChI=1S/C15H23N3O4/c1-10-6-7-12(22-10)15(2,21)9-17-14(20)18-11-5-3-4-8-16-13(11)19/h6-7,11,21H,3-5,8-9H2,1-2H3,(H,16,19)(H2,17,18,20)/t11-,15+/m0/s1. The molecule has 7 nitrogen and oxygen atoms in total. The Morgan fingerprint density at radius 3 is 2.95 bits per heavy atom. The van der Waals surface area contributed by atoms with Crippen LogP contribution in [0.3, 0.4) is 0 Å². The van der Waals surface area contributed by atoms with Gasteiger partial charge in [0.15, 0.2) is 0 Å². The maximum Gasteiger partial charge on any atom is 0.315 e. The first-order valence-electron chi connectivity index (χ1n) is 7.50. The fraction of sp³-hybridized carbons (Fsp3) is 0.600. The summed E-state index contributed by atoms with van der Waals surface area (Å²) in [5, 5.41) is 18.3. The van der Waals surface area contributed by atoms with Crippen LogP contribution in [-0.4, -0.2) is 36.2 Å². The average Bonchev–Trinajstić information content (AvgIpc) is 2.81. The molecule has 0 aromatic carbocycles. The molecule has 7 heteroatoms. The molecule has 1 aliphatic rings. The molecule has 0 spiro atoms. The number of carbonyl (C=O) groups excluding carboxylic acids is 2. The van der Waals surface area contributed by atoms with E-state index < -0.39 is 17.7 Å². The molecule has 0 unspecified atom stereocenters. The van der Waals surface area contributed by atoms with E-state index in [1.165, 1.54) is 0 Å². The van der Waals surface area contributed by atoms with Gasteiger partial charge < -0.3 is 25.5 Å². The van der Waals surface area contributed by atoms with Crippen molar-refractivity contribution in [2.24, 2.45) is 0 Å². The first kappa shape index (κ1) is 16.4. The van der Waals surface area contributed by atoms with Crippen molar-refractivity contribution in [2.75, 3.05) is 13.1 Å². The maximum atomic E-state index is 11.9. The van der Waals surface area contributed by atoms with E-state index in [-0.39, 0.29) is 12.5 Å². The molecule has 0 radical (unpaired) electrons. The van der Waals surface area contributed by atoms with Gasteiger partial charge in [0, 0.05) is 6.54 Å². The van der Waals surface area contributed by atoms with Crippen LogP contribution >= 0.6 is 0 Å². The van der Waals surface area contributed by atoms with Crippen molar-refractivity contribution in [3.05, 3.63) is 23.7 Å². The number of amides is 3.